The Bertz CT molecular complexity index is 599. The van der Waals surface area contributed by atoms with E-state index in [1.807, 2.05) is 11.6 Å². The van der Waals surface area contributed by atoms with Crippen molar-refractivity contribution in [3.8, 4) is 5.75 Å². The summed E-state index contributed by atoms with van der Waals surface area (Å²) < 4.78 is 7.79. The van der Waals surface area contributed by atoms with Gasteiger partial charge in [-0.05, 0) is 29.4 Å². The third-order valence-corrected chi connectivity index (χ3v) is 4.87. The Morgan fingerprint density at radius 2 is 2.40 bits per heavy atom. The molecule has 0 bridgehead atoms. The lowest BCUT2D eigenvalue weighted by atomic mass is 9.79. The molecule has 0 aliphatic carbocycles. The van der Waals surface area contributed by atoms with Crippen LogP contribution in [0.25, 0.3) is 0 Å². The van der Waals surface area contributed by atoms with E-state index >= 15 is 0 Å². The lowest BCUT2D eigenvalue weighted by Gasteiger charge is -2.54. The number of aromatic nitrogens is 1. The predicted molar refractivity (Wildman–Crippen MR) is 75.7 cm³/mol. The first-order valence-electron chi connectivity index (χ1n) is 6.57. The zero-order chi connectivity index (χ0) is 14.5. The van der Waals surface area contributed by atoms with Gasteiger partial charge in [-0.1, -0.05) is 6.92 Å². The van der Waals surface area contributed by atoms with Gasteiger partial charge in [-0.25, -0.2) is 9.78 Å². The van der Waals surface area contributed by atoms with Gasteiger partial charge in [0.2, 0.25) is 5.43 Å². The van der Waals surface area contributed by atoms with Crippen LogP contribution in [0.3, 0.4) is 0 Å². The van der Waals surface area contributed by atoms with Crippen LogP contribution in [-0.2, 0) is 16.3 Å². The van der Waals surface area contributed by atoms with Crippen molar-refractivity contribution in [3.63, 3.8) is 0 Å². The van der Waals surface area contributed by atoms with Gasteiger partial charge >= 0.3 is 0 Å². The van der Waals surface area contributed by atoms with E-state index < -0.39 is 5.60 Å². The van der Waals surface area contributed by atoms with Gasteiger partial charge in [-0.15, -0.1) is 0 Å². The number of pyridine rings is 1. The topological polar surface area (TPSA) is 61.7 Å². The molecule has 1 aromatic rings. The third kappa shape index (κ3) is 1.64. The summed E-state index contributed by atoms with van der Waals surface area (Å²) in [5.74, 6) is 0.319. The molecule has 7 heteroatoms. The SMILES string of the molecule is CCC12OOC1c1c(OC)c(=O)c(Br)cn1CC2NC. The summed E-state index contributed by atoms with van der Waals surface area (Å²) in [7, 11) is 3.40. The van der Waals surface area contributed by atoms with Crippen molar-refractivity contribution >= 4 is 15.9 Å². The second kappa shape index (κ2) is 4.84. The van der Waals surface area contributed by atoms with Crippen molar-refractivity contribution in [2.75, 3.05) is 14.2 Å². The predicted octanol–water partition coefficient (Wildman–Crippen LogP) is 1.37. The van der Waals surface area contributed by atoms with Gasteiger partial charge in [0.15, 0.2) is 17.5 Å². The fourth-order valence-corrected chi connectivity index (χ4v) is 3.58. The van der Waals surface area contributed by atoms with Crippen LogP contribution in [0, 0.1) is 0 Å². The summed E-state index contributed by atoms with van der Waals surface area (Å²) >= 11 is 3.29. The van der Waals surface area contributed by atoms with Crippen LogP contribution in [-0.4, -0.2) is 30.4 Å². The monoisotopic (exact) mass is 344 g/mol. The molecule has 1 fully saturated rings. The van der Waals surface area contributed by atoms with Crippen molar-refractivity contribution in [1.29, 1.82) is 0 Å². The molecule has 3 heterocycles. The zero-order valence-electron chi connectivity index (χ0n) is 11.6. The molecule has 6 nitrogen and oxygen atoms in total. The Morgan fingerprint density at radius 1 is 1.65 bits per heavy atom. The molecular formula is C13H17BrN2O4. The number of ether oxygens (including phenoxy) is 1. The number of likely N-dealkylation sites (N-methyl/N-ethyl adjacent to an activating group) is 1. The Kier molecular flexibility index (Phi) is 3.40. The van der Waals surface area contributed by atoms with Crippen LogP contribution in [0.5, 0.6) is 5.75 Å². The number of nitrogens with one attached hydrogen (secondary N) is 1. The Hall–Kier alpha value is -0.890. The first-order chi connectivity index (χ1) is 9.58. The highest BCUT2D eigenvalue weighted by Crippen LogP contribution is 2.51. The Morgan fingerprint density at radius 3 is 2.90 bits per heavy atom. The molecule has 0 spiro atoms. The quantitative estimate of drug-likeness (QED) is 0.839. The first kappa shape index (κ1) is 14.1. The number of hydrogen-bond acceptors (Lipinski definition) is 5. The molecule has 0 radical (unpaired) electrons. The highest BCUT2D eigenvalue weighted by atomic mass is 79.9. The summed E-state index contributed by atoms with van der Waals surface area (Å²) in [6, 6.07) is 0.109. The number of fused-ring (bicyclic) bond motifs is 3. The van der Waals surface area contributed by atoms with Crippen molar-refractivity contribution in [1.82, 2.24) is 9.88 Å². The van der Waals surface area contributed by atoms with Crippen molar-refractivity contribution in [3.05, 3.63) is 26.6 Å². The molecule has 3 atom stereocenters. The fraction of sp³-hybridized carbons (Fsp3) is 0.615. The smallest absolute Gasteiger partial charge is 0.237 e. The average molecular weight is 345 g/mol. The van der Waals surface area contributed by atoms with E-state index in [4.69, 9.17) is 14.5 Å². The zero-order valence-corrected chi connectivity index (χ0v) is 13.2. The number of nitrogens with zero attached hydrogens (tertiary/aromatic N) is 1. The van der Waals surface area contributed by atoms with Gasteiger partial charge in [-0.2, -0.15) is 0 Å². The van der Waals surface area contributed by atoms with E-state index in [-0.39, 0.29) is 17.6 Å². The normalized spacial score (nSPS) is 31.2. The molecule has 1 saturated heterocycles. The van der Waals surface area contributed by atoms with Crippen LogP contribution in [0.2, 0.25) is 0 Å². The van der Waals surface area contributed by atoms with Crippen LogP contribution in [0.15, 0.2) is 15.5 Å². The van der Waals surface area contributed by atoms with E-state index in [0.717, 1.165) is 12.1 Å². The number of halogens is 1. The largest absolute Gasteiger partial charge is 0.491 e. The molecule has 3 unspecified atom stereocenters. The van der Waals surface area contributed by atoms with Gasteiger partial charge in [0.05, 0.1) is 17.6 Å². The molecule has 3 rings (SSSR count). The van der Waals surface area contributed by atoms with Crippen LogP contribution in [0.4, 0.5) is 0 Å². The molecule has 0 amide bonds. The van der Waals surface area contributed by atoms with Crippen molar-refractivity contribution < 1.29 is 14.5 Å². The van der Waals surface area contributed by atoms with Gasteiger partial charge in [0, 0.05) is 12.7 Å². The Balaban J connectivity index is 2.21. The second-order valence-corrected chi connectivity index (χ2v) is 5.94. The highest BCUT2D eigenvalue weighted by molar-refractivity contribution is 9.10. The van der Waals surface area contributed by atoms with E-state index in [1.54, 1.807) is 6.20 Å². The number of rotatable bonds is 3. The number of methoxy groups -OCH3 is 1. The molecule has 2 aliphatic heterocycles. The maximum atomic E-state index is 12.2. The summed E-state index contributed by atoms with van der Waals surface area (Å²) in [5.41, 5.74) is 0.143. The van der Waals surface area contributed by atoms with E-state index in [9.17, 15) is 4.79 Å². The molecule has 0 aromatic carbocycles. The molecule has 0 saturated carbocycles. The summed E-state index contributed by atoms with van der Waals surface area (Å²) in [4.78, 5) is 23.0. The maximum absolute atomic E-state index is 12.2. The minimum Gasteiger partial charge on any atom is -0.491 e. The maximum Gasteiger partial charge on any atom is 0.237 e. The Labute approximate surface area is 125 Å². The summed E-state index contributed by atoms with van der Waals surface area (Å²) in [6.45, 7) is 2.74. The molecule has 1 aromatic heterocycles. The van der Waals surface area contributed by atoms with Gasteiger partial charge < -0.3 is 14.6 Å². The van der Waals surface area contributed by atoms with Gasteiger partial charge in [0.1, 0.15) is 5.69 Å². The second-order valence-electron chi connectivity index (χ2n) is 5.09. The van der Waals surface area contributed by atoms with Gasteiger partial charge in [-0.3, -0.25) is 4.79 Å². The minimum atomic E-state index is -0.442. The van der Waals surface area contributed by atoms with E-state index in [2.05, 4.69) is 28.2 Å². The first-order valence-corrected chi connectivity index (χ1v) is 7.37. The lowest BCUT2D eigenvalue weighted by molar-refractivity contribution is -0.527. The van der Waals surface area contributed by atoms with E-state index in [1.165, 1.54) is 7.11 Å². The van der Waals surface area contributed by atoms with Crippen molar-refractivity contribution in [2.45, 2.75) is 37.6 Å². The number of hydrogen-bond donors (Lipinski definition) is 1. The molecule has 20 heavy (non-hydrogen) atoms. The standard InChI is InChI=1S/C13H17BrN2O4/c1-4-13-8(15-2)6-16-5-7(14)10(17)11(18-3)9(16)12(13)19-20-13/h5,8,12,15H,4,6H2,1-3H3. The lowest BCUT2D eigenvalue weighted by Crippen LogP contribution is -2.66. The van der Waals surface area contributed by atoms with Crippen LogP contribution < -0.4 is 15.5 Å². The van der Waals surface area contributed by atoms with Crippen LogP contribution >= 0.6 is 15.9 Å². The van der Waals surface area contributed by atoms with E-state index in [0.29, 0.717) is 16.8 Å². The molecular weight excluding hydrogens is 328 g/mol. The van der Waals surface area contributed by atoms with Gasteiger partial charge in [0.25, 0.3) is 0 Å². The third-order valence-electron chi connectivity index (χ3n) is 4.30. The van der Waals surface area contributed by atoms with Crippen LogP contribution in [0.1, 0.15) is 25.1 Å². The molecule has 110 valence electrons. The highest BCUT2D eigenvalue weighted by Gasteiger charge is 2.60. The summed E-state index contributed by atoms with van der Waals surface area (Å²) in [6.07, 6.45) is 2.27. The summed E-state index contributed by atoms with van der Waals surface area (Å²) in [5, 5.41) is 3.28. The molecule has 2 aliphatic rings. The molecule has 1 N–H and O–H groups in total. The van der Waals surface area contributed by atoms with Crippen molar-refractivity contribution in [2.24, 2.45) is 0 Å². The average Bonchev–Trinajstić information content (AvgIpc) is 2.42. The minimum absolute atomic E-state index is 0.109. The fourth-order valence-electron chi connectivity index (χ4n) is 3.15.